The second-order valence-electron chi connectivity index (χ2n) is 3.75. The molecule has 0 saturated carbocycles. The molecule has 0 spiro atoms. The molecule has 0 radical (unpaired) electrons. The molecule has 0 saturated heterocycles. The first-order valence-electron chi connectivity index (χ1n) is 4.98. The summed E-state index contributed by atoms with van der Waals surface area (Å²) in [4.78, 5) is 3.28. The minimum Gasteiger partial charge on any atom is -0.361 e. The highest BCUT2D eigenvalue weighted by Crippen LogP contribution is 2.26. The van der Waals surface area contributed by atoms with Crippen LogP contribution in [0.15, 0.2) is 24.4 Å². The number of rotatable bonds is 2. The molecule has 0 aliphatic rings. The third kappa shape index (κ3) is 1.32. The zero-order chi connectivity index (χ0) is 10.1. The molecule has 1 aromatic heterocycles. The molecule has 0 amide bonds. The number of aromatic amines is 1. The quantitative estimate of drug-likeness (QED) is 0.745. The number of aromatic nitrogens is 1. The Labute approximate surface area is 84.3 Å². The van der Waals surface area contributed by atoms with E-state index in [2.05, 4.69) is 48.5 Å². The van der Waals surface area contributed by atoms with Gasteiger partial charge < -0.3 is 10.3 Å². The van der Waals surface area contributed by atoms with Crippen LogP contribution in [-0.4, -0.2) is 12.0 Å². The van der Waals surface area contributed by atoms with E-state index in [9.17, 15) is 0 Å². The van der Waals surface area contributed by atoms with Crippen LogP contribution in [0, 0.1) is 6.92 Å². The van der Waals surface area contributed by atoms with Crippen LogP contribution in [0.2, 0.25) is 0 Å². The molecule has 0 aliphatic heterocycles. The molecular weight excluding hydrogens is 172 g/mol. The molecule has 0 fully saturated rings. The molecule has 1 atom stereocenters. The van der Waals surface area contributed by atoms with Crippen molar-refractivity contribution in [3.63, 3.8) is 0 Å². The fourth-order valence-electron chi connectivity index (χ4n) is 1.91. The lowest BCUT2D eigenvalue weighted by Gasteiger charge is -2.12. The molecule has 2 N–H and O–H groups in total. The summed E-state index contributed by atoms with van der Waals surface area (Å²) in [5.41, 5.74) is 3.91. The van der Waals surface area contributed by atoms with Crippen LogP contribution in [-0.2, 0) is 0 Å². The van der Waals surface area contributed by atoms with Crippen LogP contribution < -0.4 is 5.32 Å². The average molecular weight is 188 g/mol. The molecule has 1 aromatic carbocycles. The lowest BCUT2D eigenvalue weighted by molar-refractivity contribution is 0.657. The van der Waals surface area contributed by atoms with Crippen molar-refractivity contribution in [1.29, 1.82) is 0 Å². The molecule has 2 heteroatoms. The van der Waals surface area contributed by atoms with Crippen LogP contribution in [0.25, 0.3) is 10.9 Å². The summed E-state index contributed by atoms with van der Waals surface area (Å²) in [6.07, 6.45) is 2.07. The molecule has 2 nitrogen and oxygen atoms in total. The predicted octanol–water partition coefficient (Wildman–Crippen LogP) is 2.76. The Hall–Kier alpha value is -1.28. The summed E-state index contributed by atoms with van der Waals surface area (Å²) in [6.45, 7) is 4.33. The van der Waals surface area contributed by atoms with Crippen molar-refractivity contribution in [3.8, 4) is 0 Å². The number of nitrogens with one attached hydrogen (secondary N) is 2. The zero-order valence-electron chi connectivity index (χ0n) is 8.89. The Bertz CT molecular complexity index is 443. The molecule has 2 rings (SSSR count). The van der Waals surface area contributed by atoms with Gasteiger partial charge in [0.15, 0.2) is 0 Å². The highest BCUT2D eigenvalue weighted by Gasteiger charge is 2.09. The maximum absolute atomic E-state index is 3.28. The normalized spacial score (nSPS) is 13.4. The van der Waals surface area contributed by atoms with Gasteiger partial charge in [-0.05, 0) is 38.1 Å². The third-order valence-electron chi connectivity index (χ3n) is 2.83. The van der Waals surface area contributed by atoms with Crippen molar-refractivity contribution in [1.82, 2.24) is 10.3 Å². The van der Waals surface area contributed by atoms with E-state index in [1.807, 2.05) is 7.05 Å². The van der Waals surface area contributed by atoms with E-state index in [0.29, 0.717) is 6.04 Å². The third-order valence-corrected chi connectivity index (χ3v) is 2.83. The molecule has 2 aromatic rings. The van der Waals surface area contributed by atoms with Gasteiger partial charge in [0.2, 0.25) is 0 Å². The lowest BCUT2D eigenvalue weighted by atomic mass is 10.0. The van der Waals surface area contributed by atoms with Gasteiger partial charge >= 0.3 is 0 Å². The summed E-state index contributed by atoms with van der Waals surface area (Å²) in [7, 11) is 1.99. The van der Waals surface area contributed by atoms with Crippen LogP contribution >= 0.6 is 0 Å². The monoisotopic (exact) mass is 188 g/mol. The van der Waals surface area contributed by atoms with Gasteiger partial charge in [0, 0.05) is 23.1 Å². The number of benzene rings is 1. The van der Waals surface area contributed by atoms with Crippen molar-refractivity contribution in [2.24, 2.45) is 0 Å². The predicted molar refractivity (Wildman–Crippen MR) is 60.5 cm³/mol. The van der Waals surface area contributed by atoms with E-state index in [1.165, 1.54) is 22.0 Å². The van der Waals surface area contributed by atoms with Crippen LogP contribution in [0.3, 0.4) is 0 Å². The summed E-state index contributed by atoms with van der Waals surface area (Å²) in [6, 6.07) is 6.80. The summed E-state index contributed by atoms with van der Waals surface area (Å²) in [5.74, 6) is 0. The van der Waals surface area contributed by atoms with E-state index in [0.717, 1.165) is 0 Å². The lowest BCUT2D eigenvalue weighted by Crippen LogP contribution is -2.12. The smallest absolute Gasteiger partial charge is 0.0460 e. The maximum atomic E-state index is 3.28. The van der Waals surface area contributed by atoms with Gasteiger partial charge in [-0.25, -0.2) is 0 Å². The SMILES string of the molecule is CNC(C)c1cccc2[nH]cc(C)c12. The van der Waals surface area contributed by atoms with E-state index in [1.54, 1.807) is 0 Å². The zero-order valence-corrected chi connectivity index (χ0v) is 8.89. The Balaban J connectivity index is 2.69. The first-order chi connectivity index (χ1) is 6.74. The van der Waals surface area contributed by atoms with Crippen LogP contribution in [0.1, 0.15) is 24.1 Å². The van der Waals surface area contributed by atoms with Crippen molar-refractivity contribution in [2.75, 3.05) is 7.05 Å². The highest BCUT2D eigenvalue weighted by molar-refractivity contribution is 5.86. The summed E-state index contributed by atoms with van der Waals surface area (Å²) in [5, 5.41) is 4.63. The minimum absolute atomic E-state index is 0.396. The second-order valence-corrected chi connectivity index (χ2v) is 3.75. The largest absolute Gasteiger partial charge is 0.361 e. The first kappa shape index (κ1) is 9.28. The standard InChI is InChI=1S/C12H16N2/c1-8-7-14-11-6-4-5-10(12(8)11)9(2)13-3/h4-7,9,13-14H,1-3H3. The van der Waals surface area contributed by atoms with Gasteiger partial charge in [-0.1, -0.05) is 12.1 Å². The Morgan fingerprint density at radius 3 is 2.86 bits per heavy atom. The Morgan fingerprint density at radius 2 is 2.14 bits per heavy atom. The summed E-state index contributed by atoms with van der Waals surface area (Å²) < 4.78 is 0. The van der Waals surface area contributed by atoms with Gasteiger partial charge in [0.1, 0.15) is 0 Å². The Morgan fingerprint density at radius 1 is 1.36 bits per heavy atom. The second kappa shape index (κ2) is 3.46. The average Bonchev–Trinajstić information content (AvgIpc) is 2.59. The number of hydrogen-bond acceptors (Lipinski definition) is 1. The fraction of sp³-hybridized carbons (Fsp3) is 0.333. The van der Waals surface area contributed by atoms with Gasteiger partial charge in [0.25, 0.3) is 0 Å². The number of fused-ring (bicyclic) bond motifs is 1. The fourth-order valence-corrected chi connectivity index (χ4v) is 1.91. The molecule has 14 heavy (non-hydrogen) atoms. The van der Waals surface area contributed by atoms with Gasteiger partial charge in [-0.2, -0.15) is 0 Å². The van der Waals surface area contributed by atoms with E-state index in [-0.39, 0.29) is 0 Å². The molecule has 74 valence electrons. The van der Waals surface area contributed by atoms with Crippen LogP contribution in [0.5, 0.6) is 0 Å². The molecule has 0 bridgehead atoms. The van der Waals surface area contributed by atoms with Gasteiger partial charge in [-0.15, -0.1) is 0 Å². The van der Waals surface area contributed by atoms with E-state index in [4.69, 9.17) is 0 Å². The summed E-state index contributed by atoms with van der Waals surface area (Å²) >= 11 is 0. The Kier molecular flexibility index (Phi) is 2.30. The van der Waals surface area contributed by atoms with E-state index >= 15 is 0 Å². The topological polar surface area (TPSA) is 27.8 Å². The van der Waals surface area contributed by atoms with Crippen molar-refractivity contribution < 1.29 is 0 Å². The van der Waals surface area contributed by atoms with E-state index < -0.39 is 0 Å². The molecular formula is C12H16N2. The van der Waals surface area contributed by atoms with Gasteiger partial charge in [-0.3, -0.25) is 0 Å². The van der Waals surface area contributed by atoms with Gasteiger partial charge in [0.05, 0.1) is 0 Å². The van der Waals surface area contributed by atoms with Crippen LogP contribution in [0.4, 0.5) is 0 Å². The van der Waals surface area contributed by atoms with Crippen molar-refractivity contribution >= 4 is 10.9 Å². The van der Waals surface area contributed by atoms with Crippen molar-refractivity contribution in [2.45, 2.75) is 19.9 Å². The number of H-pyrrole nitrogens is 1. The number of hydrogen-bond donors (Lipinski definition) is 2. The minimum atomic E-state index is 0.396. The highest BCUT2D eigenvalue weighted by atomic mass is 14.9. The van der Waals surface area contributed by atoms with Crippen molar-refractivity contribution in [3.05, 3.63) is 35.5 Å². The molecule has 1 heterocycles. The maximum Gasteiger partial charge on any atom is 0.0460 e. The molecule has 0 aliphatic carbocycles. The number of aryl methyl sites for hydroxylation is 1. The molecule has 1 unspecified atom stereocenters. The first-order valence-corrected chi connectivity index (χ1v) is 4.98.